The molecule has 54 valence electrons. The van der Waals surface area contributed by atoms with E-state index in [9.17, 15) is 4.79 Å². The fourth-order valence-corrected chi connectivity index (χ4v) is 1.41. The van der Waals surface area contributed by atoms with Crippen LogP contribution in [-0.2, 0) is 4.79 Å². The summed E-state index contributed by atoms with van der Waals surface area (Å²) in [6, 6.07) is 2.01. The molecule has 0 unspecified atom stereocenters. The molecule has 1 N–H and O–H groups in total. The molecule has 0 radical (unpaired) electrons. The Morgan fingerprint density at radius 3 is 2.70 bits per heavy atom. The number of rotatable bonds is 1. The lowest BCUT2D eigenvalue weighted by Gasteiger charge is -2.04. The van der Waals surface area contributed by atoms with Crippen LogP contribution in [0.2, 0.25) is 0 Å². The molecule has 0 bridgehead atoms. The van der Waals surface area contributed by atoms with E-state index in [1.807, 2.05) is 6.07 Å². The van der Waals surface area contributed by atoms with Crippen molar-refractivity contribution < 1.29 is 9.90 Å². The maximum absolute atomic E-state index is 10.4. The largest absolute Gasteiger partial charge is 0.481 e. The van der Waals surface area contributed by atoms with E-state index < -0.39 is 11.9 Å². The van der Waals surface area contributed by atoms with E-state index in [1.54, 1.807) is 0 Å². The second-order valence-corrected chi connectivity index (χ2v) is 2.61. The first-order chi connectivity index (χ1) is 4.75. The third kappa shape index (κ3) is 1.10. The summed E-state index contributed by atoms with van der Waals surface area (Å²) in [6.07, 6.45) is 2.32. The zero-order chi connectivity index (χ0) is 7.56. The smallest absolute Gasteiger partial charge is 0.307 e. The Hall–Kier alpha value is -1.04. The number of carboxylic acids is 1. The molecule has 0 saturated heterocycles. The van der Waals surface area contributed by atoms with Crippen LogP contribution in [-0.4, -0.2) is 11.1 Å². The van der Waals surface area contributed by atoms with Gasteiger partial charge in [-0.25, -0.2) is 0 Å². The summed E-state index contributed by atoms with van der Waals surface area (Å²) in [7, 11) is 0. The molecule has 1 aliphatic carbocycles. The van der Waals surface area contributed by atoms with Crippen LogP contribution in [0.5, 0.6) is 0 Å². The predicted octanol–water partition coefficient (Wildman–Crippen LogP) is 1.01. The molecule has 1 saturated carbocycles. The SMILES string of the molecule is N#C[C@H]1CCC[C@H]1C(=O)O. The van der Waals surface area contributed by atoms with Gasteiger partial charge in [0.25, 0.3) is 0 Å². The Labute approximate surface area is 59.3 Å². The molecule has 1 aliphatic rings. The average Bonchev–Trinajstić information content (AvgIpc) is 2.33. The predicted molar refractivity (Wildman–Crippen MR) is 34.1 cm³/mol. The van der Waals surface area contributed by atoms with Crippen molar-refractivity contribution in [1.82, 2.24) is 0 Å². The van der Waals surface area contributed by atoms with Gasteiger partial charge in [-0.3, -0.25) is 4.79 Å². The molecule has 1 fully saturated rings. The van der Waals surface area contributed by atoms with E-state index in [1.165, 1.54) is 0 Å². The Balaban J connectivity index is 2.61. The highest BCUT2D eigenvalue weighted by atomic mass is 16.4. The molecule has 0 aliphatic heterocycles. The molecule has 0 aromatic carbocycles. The van der Waals surface area contributed by atoms with Gasteiger partial charge in [0, 0.05) is 0 Å². The molecule has 3 nitrogen and oxygen atoms in total. The topological polar surface area (TPSA) is 61.1 Å². The second-order valence-electron chi connectivity index (χ2n) is 2.61. The monoisotopic (exact) mass is 139 g/mol. The van der Waals surface area contributed by atoms with E-state index in [0.29, 0.717) is 6.42 Å². The first-order valence-electron chi connectivity index (χ1n) is 3.38. The molecule has 2 atom stereocenters. The highest BCUT2D eigenvalue weighted by molar-refractivity contribution is 5.71. The zero-order valence-corrected chi connectivity index (χ0v) is 5.58. The molecular weight excluding hydrogens is 130 g/mol. The van der Waals surface area contributed by atoms with Gasteiger partial charge in [0.2, 0.25) is 0 Å². The van der Waals surface area contributed by atoms with Gasteiger partial charge in [-0.1, -0.05) is 6.42 Å². The zero-order valence-electron chi connectivity index (χ0n) is 5.58. The molecule has 3 heteroatoms. The van der Waals surface area contributed by atoms with Crippen LogP contribution >= 0.6 is 0 Å². The minimum absolute atomic E-state index is 0.238. The van der Waals surface area contributed by atoms with Crippen LogP contribution in [0.4, 0.5) is 0 Å². The van der Waals surface area contributed by atoms with Crippen LogP contribution in [0.3, 0.4) is 0 Å². The Morgan fingerprint density at radius 1 is 1.60 bits per heavy atom. The quantitative estimate of drug-likeness (QED) is 0.589. The van der Waals surface area contributed by atoms with Gasteiger partial charge in [-0.15, -0.1) is 0 Å². The van der Waals surface area contributed by atoms with Crippen LogP contribution in [0.25, 0.3) is 0 Å². The summed E-state index contributed by atoms with van der Waals surface area (Å²) in [5.41, 5.74) is 0. The van der Waals surface area contributed by atoms with Crippen molar-refractivity contribution >= 4 is 5.97 Å². The number of nitrogens with zero attached hydrogens (tertiary/aromatic N) is 1. The highest BCUT2D eigenvalue weighted by Gasteiger charge is 2.32. The van der Waals surface area contributed by atoms with E-state index in [4.69, 9.17) is 10.4 Å². The third-order valence-electron chi connectivity index (χ3n) is 2.00. The first kappa shape index (κ1) is 7.07. The van der Waals surface area contributed by atoms with Gasteiger partial charge in [0.05, 0.1) is 17.9 Å². The van der Waals surface area contributed by atoms with Crippen molar-refractivity contribution in [2.75, 3.05) is 0 Å². The molecule has 0 aromatic heterocycles. The summed E-state index contributed by atoms with van der Waals surface area (Å²) in [4.78, 5) is 10.4. The average molecular weight is 139 g/mol. The number of carboxylic acid groups (broad SMARTS) is 1. The lowest BCUT2D eigenvalue weighted by atomic mass is 9.98. The second kappa shape index (κ2) is 2.70. The van der Waals surface area contributed by atoms with Crippen molar-refractivity contribution in [2.45, 2.75) is 19.3 Å². The van der Waals surface area contributed by atoms with Gasteiger partial charge >= 0.3 is 5.97 Å². The standard InChI is InChI=1S/C7H9NO2/c8-4-5-2-1-3-6(5)7(9)10/h5-6H,1-3H2,(H,9,10)/t5-,6-/m1/s1. The number of carbonyl (C=O) groups is 1. The Bertz CT molecular complexity index is 183. The van der Waals surface area contributed by atoms with E-state index >= 15 is 0 Å². The minimum atomic E-state index is -0.816. The molecule has 0 spiro atoms. The summed E-state index contributed by atoms with van der Waals surface area (Å²) >= 11 is 0. The molecule has 0 heterocycles. The van der Waals surface area contributed by atoms with Gasteiger partial charge in [0.15, 0.2) is 0 Å². The normalized spacial score (nSPS) is 31.5. The summed E-state index contributed by atoms with van der Waals surface area (Å²) < 4.78 is 0. The number of hydrogen-bond donors (Lipinski definition) is 1. The molecule has 1 rings (SSSR count). The summed E-state index contributed by atoms with van der Waals surface area (Å²) in [6.45, 7) is 0. The fourth-order valence-electron chi connectivity index (χ4n) is 1.41. The van der Waals surface area contributed by atoms with Crippen molar-refractivity contribution in [1.29, 1.82) is 5.26 Å². The number of aliphatic carboxylic acids is 1. The Morgan fingerprint density at radius 2 is 2.30 bits per heavy atom. The van der Waals surface area contributed by atoms with Gasteiger partial charge in [-0.05, 0) is 12.8 Å². The maximum Gasteiger partial charge on any atom is 0.307 e. The lowest BCUT2D eigenvalue weighted by molar-refractivity contribution is -0.142. The summed E-state index contributed by atoms with van der Waals surface area (Å²) in [5, 5.41) is 17.0. The van der Waals surface area contributed by atoms with Gasteiger partial charge in [-0.2, -0.15) is 5.26 Å². The van der Waals surface area contributed by atoms with Crippen molar-refractivity contribution in [3.8, 4) is 6.07 Å². The van der Waals surface area contributed by atoms with Crippen molar-refractivity contribution in [3.63, 3.8) is 0 Å². The molecular formula is C7H9NO2. The fraction of sp³-hybridized carbons (Fsp3) is 0.714. The molecule has 0 amide bonds. The number of hydrogen-bond acceptors (Lipinski definition) is 2. The van der Waals surface area contributed by atoms with E-state index in [0.717, 1.165) is 12.8 Å². The number of nitriles is 1. The van der Waals surface area contributed by atoms with Crippen molar-refractivity contribution in [2.24, 2.45) is 11.8 Å². The molecule has 10 heavy (non-hydrogen) atoms. The van der Waals surface area contributed by atoms with Crippen LogP contribution in [0.15, 0.2) is 0 Å². The van der Waals surface area contributed by atoms with E-state index in [2.05, 4.69) is 0 Å². The minimum Gasteiger partial charge on any atom is -0.481 e. The van der Waals surface area contributed by atoms with Crippen LogP contribution in [0, 0.1) is 23.2 Å². The van der Waals surface area contributed by atoms with Crippen molar-refractivity contribution in [3.05, 3.63) is 0 Å². The van der Waals surface area contributed by atoms with Gasteiger partial charge < -0.3 is 5.11 Å². The van der Waals surface area contributed by atoms with Crippen LogP contribution in [0.1, 0.15) is 19.3 Å². The van der Waals surface area contributed by atoms with Crippen LogP contribution < -0.4 is 0 Å². The summed E-state index contributed by atoms with van der Waals surface area (Å²) in [5.74, 6) is -1.45. The lowest BCUT2D eigenvalue weighted by Crippen LogP contribution is -2.16. The maximum atomic E-state index is 10.4. The van der Waals surface area contributed by atoms with Gasteiger partial charge in [0.1, 0.15) is 0 Å². The Kier molecular flexibility index (Phi) is 1.91. The van der Waals surface area contributed by atoms with E-state index in [-0.39, 0.29) is 5.92 Å². The first-order valence-corrected chi connectivity index (χ1v) is 3.38. The third-order valence-corrected chi connectivity index (χ3v) is 2.00. The highest BCUT2D eigenvalue weighted by Crippen LogP contribution is 2.30. The molecule has 0 aromatic rings.